The standard InChI is InChI=1S/C34H40N4S2.2C16H22N2S2.2C9H11NO.2C6H7N.2C6H14S2.C4H10O2S2.CH4/c1-35(2)33-13-9-29(10-14-33)5-7-31-17-21-37(22-18-31)25-27-39-40-28-26-38-23-19-32(20-24-38)8-6-30-11-15-34(16-12-30)36(3)4;2*1-15-3-7-17(8-4-15)11-13-19-20-14-12-18-9-5-16(2)6-10-18;2*1-10(2)9-5-3-8(7-11)4-6-9;2*1-6-2-4-7-5-3-6;2*1-3-5-7-8-6-4-2;5-1-3-7-8-4-2-6;/h5-24H,25-28H2,1-4H3;2*3-10H,11-14H2,1-2H3;2*3-7H,1-2H3;2*2-5H,1H3;2*3-6H2,1-2H3;5-6H,1-4H2;1H4/q3*+2;;;;;;;;/p+2. The van der Waals surface area contributed by atoms with Crippen LogP contribution in [0.2, 0.25) is 0 Å². The maximum absolute atomic E-state index is 10.3. The Kier molecular flexibility index (Phi) is 79.3. The molecule has 0 unspecified atom stereocenters. The van der Waals surface area contributed by atoms with Crippen molar-refractivity contribution in [2.24, 2.45) is 0 Å². The molecule has 12 aromatic rings. The first kappa shape index (κ1) is 129. The van der Waals surface area contributed by atoms with Crippen molar-refractivity contribution in [3.05, 3.63) is 360 Å². The Morgan fingerprint density at radius 3 is 0.560 bits per heavy atom. The quantitative estimate of drug-likeness (QED) is 0.0162. The van der Waals surface area contributed by atoms with Gasteiger partial charge >= 0.3 is 0 Å². The fourth-order valence-electron chi connectivity index (χ4n) is 10.9. The van der Waals surface area contributed by atoms with Crippen LogP contribution in [0.4, 0.5) is 22.7 Å². The van der Waals surface area contributed by atoms with Crippen molar-refractivity contribution < 1.29 is 57.2 Å². The van der Waals surface area contributed by atoms with Gasteiger partial charge < -0.3 is 29.8 Å². The number of hydrogen-bond donors (Lipinski definition) is 2. The number of carbonyl (C=O) groups excluding carboxylic acids is 2. The van der Waals surface area contributed by atoms with Crippen molar-refractivity contribution in [2.45, 2.75) is 142 Å². The van der Waals surface area contributed by atoms with E-state index < -0.39 is 0 Å². The summed E-state index contributed by atoms with van der Waals surface area (Å²) in [7, 11) is 39.0. The molecule has 4 aromatic carbocycles. The molecule has 0 saturated heterocycles. The van der Waals surface area contributed by atoms with Gasteiger partial charge in [-0.2, -0.15) is 0 Å². The molecule has 0 atom stereocenters. The van der Waals surface area contributed by atoms with E-state index in [1.54, 1.807) is 21.6 Å². The molecular formula is C113H164N12O4S12+8. The summed E-state index contributed by atoms with van der Waals surface area (Å²) in [6.07, 6.45) is 49.2. The lowest BCUT2D eigenvalue weighted by atomic mass is 10.1. The highest BCUT2D eigenvalue weighted by molar-refractivity contribution is 8.78. The van der Waals surface area contributed by atoms with E-state index in [1.165, 1.54) is 116 Å². The van der Waals surface area contributed by atoms with Gasteiger partial charge in [-0.3, -0.25) is 9.59 Å². The molecule has 16 nitrogen and oxygen atoms in total. The third kappa shape index (κ3) is 69.0. The molecule has 0 aliphatic carbocycles. The second-order valence-electron chi connectivity index (χ2n) is 32.5. The third-order valence-electron chi connectivity index (χ3n) is 19.3. The number of aryl methyl sites for hydroxylation is 12. The van der Waals surface area contributed by atoms with Crippen LogP contribution in [0.15, 0.2) is 293 Å². The summed E-state index contributed by atoms with van der Waals surface area (Å²) in [6.45, 7) is 28.3. The number of aromatic nitrogens is 8. The third-order valence-corrected chi connectivity index (χ3v) is 34.4. The number of aromatic amines is 2. The minimum Gasteiger partial charge on any atom is -0.395 e. The predicted molar refractivity (Wildman–Crippen MR) is 638 cm³/mol. The minimum atomic E-state index is 0. The number of aliphatic hydroxyl groups excluding tert-OH is 2. The fourth-order valence-corrected chi connectivity index (χ4v) is 22.9. The Morgan fingerprint density at radius 1 is 0.234 bits per heavy atom. The molecule has 141 heavy (non-hydrogen) atoms. The highest BCUT2D eigenvalue weighted by Crippen LogP contribution is 2.26. The minimum absolute atomic E-state index is 0. The van der Waals surface area contributed by atoms with Crippen molar-refractivity contribution in [3.63, 3.8) is 0 Å². The molecule has 0 radical (unpaired) electrons. The zero-order chi connectivity index (χ0) is 102. The van der Waals surface area contributed by atoms with E-state index in [-0.39, 0.29) is 20.6 Å². The van der Waals surface area contributed by atoms with Crippen LogP contribution in [-0.4, -0.2) is 161 Å². The maximum Gasteiger partial charge on any atom is 0.169 e. The topological polar surface area (TPSA) is 139 Å². The van der Waals surface area contributed by atoms with Gasteiger partial charge in [-0.1, -0.05) is 213 Å². The molecule has 8 aromatic heterocycles. The lowest BCUT2D eigenvalue weighted by Gasteiger charge is -2.11. The number of rotatable bonds is 46. The van der Waals surface area contributed by atoms with Gasteiger partial charge in [0.25, 0.3) is 0 Å². The van der Waals surface area contributed by atoms with Crippen molar-refractivity contribution in [2.75, 3.05) is 158 Å². The Balaban J connectivity index is 0.000000570. The number of benzene rings is 4. The molecular weight excluding hydrogens is 1970 g/mol. The molecule has 764 valence electrons. The summed E-state index contributed by atoms with van der Waals surface area (Å²) in [5, 5.41) is 16.5. The van der Waals surface area contributed by atoms with Gasteiger partial charge in [0.2, 0.25) is 0 Å². The predicted octanol–water partition coefficient (Wildman–Crippen LogP) is 24.8. The second kappa shape index (κ2) is 86.5. The summed E-state index contributed by atoms with van der Waals surface area (Å²) in [5.74, 6) is 13.5. The van der Waals surface area contributed by atoms with Crippen molar-refractivity contribution in [3.8, 4) is 0 Å². The van der Waals surface area contributed by atoms with Gasteiger partial charge in [-0.05, 0) is 196 Å². The number of aliphatic hydroxyl groups is 2. The van der Waals surface area contributed by atoms with Crippen molar-refractivity contribution in [1.82, 2.24) is 0 Å². The SMILES string of the molecule is C.CCCSSCCC.CCCSSCCC.CN(C)c1ccc(/C=C/c2cc[n+](CCSSCC[n+]3ccc(/C=C/c4ccc(N(C)C)cc4)cc3)cc2)cc1.CN(C)c1ccc(C=O)cc1.CN(C)c1ccc(C=O)cc1.Cc1cc[n+](CCSSCC[n+]2ccc(C)cc2)cc1.Cc1cc[n+](CCSSCC[n+]2ccc(C)cc2)cc1.Cc1cc[nH+]cc1.Cc1cc[nH+]cc1.OCCSSCCO. The molecule has 28 heteroatoms. The number of pyridine rings is 8. The normalized spacial score (nSPS) is 10.2. The highest BCUT2D eigenvalue weighted by Gasteiger charge is 2.09. The van der Waals surface area contributed by atoms with Crippen LogP contribution < -0.4 is 57.0 Å². The molecule has 0 aliphatic heterocycles. The Hall–Kier alpha value is -7.78. The maximum atomic E-state index is 10.3. The lowest BCUT2D eigenvalue weighted by molar-refractivity contribution is -0.692. The monoisotopic (exact) mass is 2140 g/mol. The summed E-state index contributed by atoms with van der Waals surface area (Å²) in [6, 6.07) is 66.2. The number of H-pyrrole nitrogens is 2. The van der Waals surface area contributed by atoms with E-state index in [4.69, 9.17) is 10.2 Å². The first-order valence-electron chi connectivity index (χ1n) is 47.7. The molecule has 0 spiro atoms. The lowest BCUT2D eigenvalue weighted by Crippen LogP contribution is -2.34. The van der Waals surface area contributed by atoms with Gasteiger partial charge in [0.1, 0.15) is 12.6 Å². The van der Waals surface area contributed by atoms with Crippen molar-refractivity contribution >= 4 is 189 Å². The number of nitrogens with zero attached hydrogens (tertiary/aromatic N) is 10. The fraction of sp³-hybridized carbons (Fsp3) is 0.381. The zero-order valence-corrected chi connectivity index (χ0v) is 96.0. The van der Waals surface area contributed by atoms with Crippen LogP contribution >= 0.6 is 130 Å². The van der Waals surface area contributed by atoms with Crippen LogP contribution in [0.25, 0.3) is 24.3 Å². The Labute approximate surface area is 897 Å². The van der Waals surface area contributed by atoms with Gasteiger partial charge in [0.15, 0.2) is 138 Å². The number of hydrogen-bond acceptors (Lipinski definition) is 20. The second-order valence-corrected chi connectivity index (χ2v) is 48.7. The van der Waals surface area contributed by atoms with E-state index in [9.17, 15) is 9.59 Å². The Morgan fingerprint density at radius 2 is 0.397 bits per heavy atom. The number of aldehydes is 2. The van der Waals surface area contributed by atoms with E-state index in [2.05, 4.69) is 365 Å². The number of nitrogens with one attached hydrogen (secondary N) is 2. The largest absolute Gasteiger partial charge is 0.395 e. The first-order chi connectivity index (χ1) is 67.9. The van der Waals surface area contributed by atoms with E-state index >= 15 is 0 Å². The molecule has 0 bridgehead atoms. The van der Waals surface area contributed by atoms with Crippen LogP contribution in [-0.2, 0) is 39.3 Å². The summed E-state index contributed by atoms with van der Waals surface area (Å²) in [4.78, 5) is 34.6. The zero-order valence-electron chi connectivity index (χ0n) is 86.2. The van der Waals surface area contributed by atoms with E-state index in [1.807, 2.05) is 244 Å². The summed E-state index contributed by atoms with van der Waals surface area (Å²) >= 11 is 0. The van der Waals surface area contributed by atoms with E-state index in [0.29, 0.717) is 0 Å². The molecule has 0 saturated carbocycles. The molecule has 0 aliphatic rings. The summed E-state index contributed by atoms with van der Waals surface area (Å²) in [5.41, 5.74) is 18.8. The average Bonchev–Trinajstić information content (AvgIpc) is 0.799. The molecule has 12 rings (SSSR count). The van der Waals surface area contributed by atoms with Crippen LogP contribution in [0, 0.1) is 41.5 Å². The molecule has 8 heterocycles. The van der Waals surface area contributed by atoms with Crippen LogP contribution in [0.1, 0.15) is 137 Å². The molecule has 4 N–H and O–H groups in total. The molecule has 0 amide bonds. The highest BCUT2D eigenvalue weighted by atomic mass is 33.1. The van der Waals surface area contributed by atoms with Gasteiger partial charge in [-0.15, -0.1) is 0 Å². The summed E-state index contributed by atoms with van der Waals surface area (Å²) < 4.78 is 13.5. The van der Waals surface area contributed by atoms with E-state index in [0.717, 1.165) is 120 Å². The first-order valence-corrected chi connectivity index (χ1v) is 62.6. The number of carbonyl (C=O) groups is 2. The van der Waals surface area contributed by atoms with Crippen molar-refractivity contribution in [1.29, 1.82) is 0 Å². The number of anilines is 4. The Bertz CT molecular complexity index is 4590. The average molecular weight is 2140 g/mol. The molecule has 0 fully saturated rings. The van der Waals surface area contributed by atoms with Gasteiger partial charge in [-0.25, -0.2) is 37.4 Å². The van der Waals surface area contributed by atoms with Gasteiger partial charge in [0, 0.05) is 222 Å². The van der Waals surface area contributed by atoms with Gasteiger partial charge in [0.05, 0.1) is 47.7 Å². The smallest absolute Gasteiger partial charge is 0.169 e. The van der Waals surface area contributed by atoms with Crippen LogP contribution in [0.3, 0.4) is 0 Å². The van der Waals surface area contributed by atoms with Crippen LogP contribution in [0.5, 0.6) is 0 Å².